The summed E-state index contributed by atoms with van der Waals surface area (Å²) in [6.45, 7) is 0. The largest absolute Gasteiger partial charge is 0.255 e. The lowest BCUT2D eigenvalue weighted by Gasteiger charge is -2.40. The van der Waals surface area contributed by atoms with Gasteiger partial charge in [0.05, 0.1) is 22.5 Å². The van der Waals surface area contributed by atoms with Crippen molar-refractivity contribution in [3.05, 3.63) is 174 Å². The van der Waals surface area contributed by atoms with Crippen LogP contribution in [0.4, 0.5) is 0 Å². The summed E-state index contributed by atoms with van der Waals surface area (Å²) in [6, 6.07) is 51.6. The molecule has 1 aliphatic carbocycles. The molecule has 206 valence electrons. The molecule has 7 aromatic rings. The molecule has 0 saturated carbocycles. The summed E-state index contributed by atoms with van der Waals surface area (Å²) in [5, 5.41) is 0. The van der Waals surface area contributed by atoms with Crippen LogP contribution in [0, 0.1) is 0 Å². The van der Waals surface area contributed by atoms with Crippen LogP contribution >= 0.6 is 11.8 Å². The Morgan fingerprint density at radius 1 is 0.455 bits per heavy atom. The van der Waals surface area contributed by atoms with Gasteiger partial charge in [-0.15, -0.1) is 0 Å². The highest BCUT2D eigenvalue weighted by Crippen LogP contribution is 2.63. The van der Waals surface area contributed by atoms with E-state index in [1.807, 2.05) is 60.4 Å². The number of nitrogens with zero attached hydrogens (tertiary/aromatic N) is 3. The quantitative estimate of drug-likeness (QED) is 0.209. The van der Waals surface area contributed by atoms with Gasteiger partial charge in [-0.3, -0.25) is 4.98 Å². The van der Waals surface area contributed by atoms with Crippen molar-refractivity contribution in [2.75, 3.05) is 0 Å². The molecular formula is C40H25N3S. The Morgan fingerprint density at radius 3 is 1.82 bits per heavy atom. The molecule has 0 N–H and O–H groups in total. The molecule has 0 bridgehead atoms. The van der Waals surface area contributed by atoms with Crippen molar-refractivity contribution in [2.45, 2.75) is 15.2 Å². The molecule has 0 saturated heterocycles. The van der Waals surface area contributed by atoms with Crippen LogP contribution in [0.15, 0.2) is 162 Å². The van der Waals surface area contributed by atoms with E-state index in [2.05, 4.69) is 108 Å². The van der Waals surface area contributed by atoms with Crippen molar-refractivity contribution in [2.24, 2.45) is 0 Å². The first kappa shape index (κ1) is 25.2. The van der Waals surface area contributed by atoms with Crippen LogP contribution < -0.4 is 0 Å². The van der Waals surface area contributed by atoms with Crippen molar-refractivity contribution in [1.29, 1.82) is 0 Å². The number of aromatic nitrogens is 3. The van der Waals surface area contributed by atoms with Gasteiger partial charge in [0, 0.05) is 27.1 Å². The first-order valence-corrected chi connectivity index (χ1v) is 15.6. The van der Waals surface area contributed by atoms with Crippen molar-refractivity contribution in [3.63, 3.8) is 0 Å². The fraction of sp³-hybridized carbons (Fsp3) is 0.0250. The molecular weight excluding hydrogens is 555 g/mol. The van der Waals surface area contributed by atoms with Gasteiger partial charge in [-0.2, -0.15) is 0 Å². The smallest absolute Gasteiger partial charge is 0.161 e. The number of benzene rings is 5. The summed E-state index contributed by atoms with van der Waals surface area (Å²) < 4.78 is 0. The van der Waals surface area contributed by atoms with Gasteiger partial charge in [-0.1, -0.05) is 133 Å². The van der Waals surface area contributed by atoms with Gasteiger partial charge in [0.25, 0.3) is 0 Å². The zero-order valence-electron chi connectivity index (χ0n) is 23.7. The van der Waals surface area contributed by atoms with E-state index in [1.54, 1.807) is 0 Å². The van der Waals surface area contributed by atoms with E-state index in [0.29, 0.717) is 5.82 Å². The first-order valence-electron chi connectivity index (χ1n) is 14.8. The minimum absolute atomic E-state index is 0.443. The van der Waals surface area contributed by atoms with Crippen LogP contribution in [0.25, 0.3) is 45.2 Å². The maximum absolute atomic E-state index is 5.21. The molecule has 0 radical (unpaired) electrons. The summed E-state index contributed by atoms with van der Waals surface area (Å²) in [4.78, 5) is 17.5. The van der Waals surface area contributed by atoms with E-state index < -0.39 is 5.41 Å². The van der Waals surface area contributed by atoms with E-state index >= 15 is 0 Å². The van der Waals surface area contributed by atoms with Crippen LogP contribution in [0.1, 0.15) is 22.3 Å². The van der Waals surface area contributed by atoms with Gasteiger partial charge in [0.15, 0.2) is 5.82 Å². The van der Waals surface area contributed by atoms with Gasteiger partial charge >= 0.3 is 0 Å². The van der Waals surface area contributed by atoms with Crippen LogP contribution in [0.3, 0.4) is 0 Å². The van der Waals surface area contributed by atoms with E-state index in [-0.39, 0.29) is 0 Å². The summed E-state index contributed by atoms with van der Waals surface area (Å²) in [6.07, 6.45) is 1.81. The van der Waals surface area contributed by atoms with Gasteiger partial charge < -0.3 is 0 Å². The molecule has 2 aliphatic rings. The Hall–Kier alpha value is -5.32. The highest BCUT2D eigenvalue weighted by Gasteiger charge is 2.50. The van der Waals surface area contributed by atoms with Crippen molar-refractivity contribution in [1.82, 2.24) is 15.0 Å². The third-order valence-corrected chi connectivity index (χ3v) is 10.1. The Labute approximate surface area is 260 Å². The zero-order valence-corrected chi connectivity index (χ0v) is 24.5. The van der Waals surface area contributed by atoms with Crippen molar-refractivity contribution in [3.8, 4) is 45.2 Å². The second-order valence-corrected chi connectivity index (χ2v) is 12.2. The molecule has 5 aromatic carbocycles. The molecule has 1 spiro atoms. The van der Waals surface area contributed by atoms with Gasteiger partial charge in [-0.25, -0.2) is 9.97 Å². The van der Waals surface area contributed by atoms with E-state index in [1.165, 1.54) is 43.2 Å². The van der Waals surface area contributed by atoms with Gasteiger partial charge in [0.1, 0.15) is 0 Å². The molecule has 0 unspecified atom stereocenters. The number of hydrogen-bond acceptors (Lipinski definition) is 4. The molecule has 2 aromatic heterocycles. The standard InChI is InChI=1S/C40H25N3S/c1-2-13-26(14-3-1)35-25-36(34-22-10-11-24-41-34)43-39(42-35)29-17-12-21-33-38(29)44-37-23-9-8-20-32(37)40(33)30-18-6-4-15-27(30)28-16-5-7-19-31(28)40/h1-25H. The first-order chi connectivity index (χ1) is 21.8. The van der Waals surface area contributed by atoms with E-state index in [9.17, 15) is 0 Å². The lowest BCUT2D eigenvalue weighted by atomic mass is 9.67. The maximum Gasteiger partial charge on any atom is 0.161 e. The van der Waals surface area contributed by atoms with Crippen LogP contribution in [0.2, 0.25) is 0 Å². The zero-order chi connectivity index (χ0) is 29.1. The molecule has 9 rings (SSSR count). The Balaban J connectivity index is 1.35. The predicted molar refractivity (Wildman–Crippen MR) is 178 cm³/mol. The fourth-order valence-corrected chi connectivity index (χ4v) is 8.32. The van der Waals surface area contributed by atoms with Gasteiger partial charge in [-0.05, 0) is 57.6 Å². The fourth-order valence-electron chi connectivity index (χ4n) is 7.02. The predicted octanol–water partition coefficient (Wildman–Crippen LogP) is 9.70. The third kappa shape index (κ3) is 3.61. The molecule has 1 aliphatic heterocycles. The summed E-state index contributed by atoms with van der Waals surface area (Å²) in [5.74, 6) is 0.699. The molecule has 4 heteroatoms. The number of hydrogen-bond donors (Lipinski definition) is 0. The molecule has 44 heavy (non-hydrogen) atoms. The van der Waals surface area contributed by atoms with Crippen LogP contribution in [0.5, 0.6) is 0 Å². The SMILES string of the molecule is c1ccc(-c2cc(-c3ccccn3)nc(-c3cccc4c3Sc3ccccc3C43c4ccccc4-c4ccccc43)n2)cc1. The average molecular weight is 580 g/mol. The monoisotopic (exact) mass is 579 g/mol. The lowest BCUT2D eigenvalue weighted by Crippen LogP contribution is -2.32. The van der Waals surface area contributed by atoms with Crippen molar-refractivity contribution >= 4 is 11.8 Å². The minimum Gasteiger partial charge on any atom is -0.255 e. The Bertz CT molecular complexity index is 2110. The Kier molecular flexibility index (Phi) is 5.65. The van der Waals surface area contributed by atoms with E-state index in [0.717, 1.165) is 28.2 Å². The highest BCUT2D eigenvalue weighted by molar-refractivity contribution is 7.99. The normalized spacial score (nSPS) is 13.5. The second-order valence-electron chi connectivity index (χ2n) is 11.2. The number of rotatable bonds is 3. The number of pyridine rings is 1. The molecule has 3 nitrogen and oxygen atoms in total. The molecule has 0 amide bonds. The summed E-state index contributed by atoms with van der Waals surface area (Å²) in [7, 11) is 0. The highest BCUT2D eigenvalue weighted by atomic mass is 32.2. The van der Waals surface area contributed by atoms with Crippen LogP contribution in [-0.4, -0.2) is 15.0 Å². The summed E-state index contributed by atoms with van der Waals surface area (Å²) in [5.41, 5.74) is 11.9. The molecule has 3 heterocycles. The molecule has 0 fully saturated rings. The number of fused-ring (bicyclic) bond motifs is 9. The Morgan fingerprint density at radius 2 is 1.07 bits per heavy atom. The van der Waals surface area contributed by atoms with E-state index in [4.69, 9.17) is 9.97 Å². The minimum atomic E-state index is -0.443. The lowest BCUT2D eigenvalue weighted by molar-refractivity contribution is 0.723. The van der Waals surface area contributed by atoms with Crippen molar-refractivity contribution < 1.29 is 0 Å². The maximum atomic E-state index is 5.21. The topological polar surface area (TPSA) is 38.7 Å². The van der Waals surface area contributed by atoms with Gasteiger partial charge in [0.2, 0.25) is 0 Å². The second kappa shape index (κ2) is 9.87. The average Bonchev–Trinajstić information content (AvgIpc) is 3.40. The molecule has 0 atom stereocenters. The van der Waals surface area contributed by atoms with Crippen LogP contribution in [-0.2, 0) is 5.41 Å². The third-order valence-electron chi connectivity index (χ3n) is 8.84. The summed E-state index contributed by atoms with van der Waals surface area (Å²) >= 11 is 1.82.